The SMILES string of the molecule is CCCCCC[C@H](OCOC)[C@@H](O)C/C=C/[C@H]1OC(C)(C)O[C@@H]1CCC(=O)O. The first-order valence-electron chi connectivity index (χ1n) is 10.3. The van der Waals surface area contributed by atoms with Gasteiger partial charge in [0.1, 0.15) is 12.9 Å². The van der Waals surface area contributed by atoms with Gasteiger partial charge in [-0.15, -0.1) is 0 Å². The molecule has 4 atom stereocenters. The second-order valence-electron chi connectivity index (χ2n) is 7.76. The molecule has 0 unspecified atom stereocenters. The summed E-state index contributed by atoms with van der Waals surface area (Å²) in [5.74, 6) is -1.60. The molecule has 7 nitrogen and oxygen atoms in total. The third-order valence-electron chi connectivity index (χ3n) is 4.74. The van der Waals surface area contributed by atoms with Crippen molar-refractivity contribution in [2.24, 2.45) is 0 Å². The topological polar surface area (TPSA) is 94.5 Å². The second-order valence-corrected chi connectivity index (χ2v) is 7.76. The smallest absolute Gasteiger partial charge is 0.303 e. The number of unbranched alkanes of at least 4 members (excludes halogenated alkanes) is 3. The van der Waals surface area contributed by atoms with Crippen LogP contribution in [0.15, 0.2) is 12.2 Å². The summed E-state index contributed by atoms with van der Waals surface area (Å²) in [6.45, 7) is 5.95. The van der Waals surface area contributed by atoms with Crippen LogP contribution in [0.5, 0.6) is 0 Å². The lowest BCUT2D eigenvalue weighted by Gasteiger charge is -2.22. The number of hydrogen-bond donors (Lipinski definition) is 2. The van der Waals surface area contributed by atoms with Crippen LogP contribution in [0, 0.1) is 0 Å². The number of carboxylic acid groups (broad SMARTS) is 1. The predicted molar refractivity (Wildman–Crippen MR) is 106 cm³/mol. The third-order valence-corrected chi connectivity index (χ3v) is 4.74. The van der Waals surface area contributed by atoms with Crippen molar-refractivity contribution >= 4 is 5.97 Å². The Hall–Kier alpha value is -0.990. The van der Waals surface area contributed by atoms with Gasteiger partial charge < -0.3 is 29.2 Å². The lowest BCUT2D eigenvalue weighted by atomic mass is 10.0. The maximum Gasteiger partial charge on any atom is 0.303 e. The molecule has 0 aliphatic carbocycles. The van der Waals surface area contributed by atoms with Crippen molar-refractivity contribution in [3.63, 3.8) is 0 Å². The zero-order valence-electron chi connectivity index (χ0n) is 17.8. The van der Waals surface area contributed by atoms with Gasteiger partial charge in [0.25, 0.3) is 0 Å². The molecule has 1 aliphatic rings. The fraction of sp³-hybridized carbons (Fsp3) is 0.857. The van der Waals surface area contributed by atoms with E-state index in [-0.39, 0.29) is 31.5 Å². The summed E-state index contributed by atoms with van der Waals surface area (Å²) in [4.78, 5) is 10.8. The summed E-state index contributed by atoms with van der Waals surface area (Å²) < 4.78 is 22.3. The fourth-order valence-electron chi connectivity index (χ4n) is 3.33. The van der Waals surface area contributed by atoms with E-state index >= 15 is 0 Å². The molecule has 1 heterocycles. The highest BCUT2D eigenvalue weighted by molar-refractivity contribution is 5.66. The standard InChI is InChI=1S/C21H38O7/c1-5-6-7-8-11-17(26-15-25-4)16(22)10-9-12-18-19(13-14-20(23)24)28-21(2,3)27-18/h9,12,16-19,22H,5-8,10-11,13-15H2,1-4H3,(H,23,24)/b12-9+/t16-,17-,18+,19+/m0/s1. The van der Waals surface area contributed by atoms with Gasteiger partial charge in [0, 0.05) is 13.5 Å². The highest BCUT2D eigenvalue weighted by atomic mass is 16.7. The normalized spacial score (nSPS) is 23.9. The number of aliphatic hydroxyl groups is 1. The quantitative estimate of drug-likeness (QED) is 0.245. The predicted octanol–water partition coefficient (Wildman–Crippen LogP) is 3.64. The first-order chi connectivity index (χ1) is 13.3. The Morgan fingerprint density at radius 3 is 2.64 bits per heavy atom. The molecule has 1 rings (SSSR count). The number of carbonyl (C=O) groups is 1. The highest BCUT2D eigenvalue weighted by Crippen LogP contribution is 2.31. The summed E-state index contributed by atoms with van der Waals surface area (Å²) in [6, 6.07) is 0. The van der Waals surface area contributed by atoms with Crippen LogP contribution < -0.4 is 0 Å². The maximum atomic E-state index is 10.8. The molecule has 7 heteroatoms. The van der Waals surface area contributed by atoms with E-state index < -0.39 is 17.9 Å². The highest BCUT2D eigenvalue weighted by Gasteiger charge is 2.39. The van der Waals surface area contributed by atoms with Gasteiger partial charge in [0.05, 0.1) is 18.3 Å². The molecule has 0 spiro atoms. The van der Waals surface area contributed by atoms with Crippen molar-refractivity contribution in [2.75, 3.05) is 13.9 Å². The van der Waals surface area contributed by atoms with Crippen molar-refractivity contribution in [1.29, 1.82) is 0 Å². The Morgan fingerprint density at radius 1 is 1.25 bits per heavy atom. The van der Waals surface area contributed by atoms with Crippen LogP contribution >= 0.6 is 0 Å². The number of hydrogen-bond acceptors (Lipinski definition) is 6. The molecular formula is C21H38O7. The zero-order chi connectivity index (χ0) is 21.0. The summed E-state index contributed by atoms with van der Waals surface area (Å²) in [5, 5.41) is 19.4. The zero-order valence-corrected chi connectivity index (χ0v) is 17.8. The summed E-state index contributed by atoms with van der Waals surface area (Å²) >= 11 is 0. The van der Waals surface area contributed by atoms with Crippen molar-refractivity contribution in [3.8, 4) is 0 Å². The molecule has 0 bridgehead atoms. The van der Waals surface area contributed by atoms with E-state index in [0.29, 0.717) is 12.8 Å². The van der Waals surface area contributed by atoms with E-state index in [1.165, 1.54) is 6.42 Å². The average molecular weight is 403 g/mol. The van der Waals surface area contributed by atoms with Gasteiger partial charge in [-0.1, -0.05) is 44.8 Å². The molecule has 0 aromatic carbocycles. The summed E-state index contributed by atoms with van der Waals surface area (Å²) in [6.07, 6.45) is 8.27. The van der Waals surface area contributed by atoms with Crippen LogP contribution in [0.1, 0.15) is 72.1 Å². The number of aliphatic carboxylic acids is 1. The van der Waals surface area contributed by atoms with Crippen LogP contribution in [-0.2, 0) is 23.7 Å². The van der Waals surface area contributed by atoms with Gasteiger partial charge in [0.15, 0.2) is 5.79 Å². The number of methoxy groups -OCH3 is 1. The Balaban J connectivity index is 2.55. The molecule has 28 heavy (non-hydrogen) atoms. The van der Waals surface area contributed by atoms with Crippen LogP contribution in [0.3, 0.4) is 0 Å². The number of carboxylic acids is 1. The van der Waals surface area contributed by atoms with Crippen LogP contribution in [0.25, 0.3) is 0 Å². The monoisotopic (exact) mass is 402 g/mol. The molecule has 0 aromatic rings. The number of ether oxygens (including phenoxy) is 4. The lowest BCUT2D eigenvalue weighted by molar-refractivity contribution is -0.147. The van der Waals surface area contributed by atoms with Gasteiger partial charge in [-0.25, -0.2) is 0 Å². The molecule has 2 N–H and O–H groups in total. The molecule has 1 saturated heterocycles. The van der Waals surface area contributed by atoms with Crippen molar-refractivity contribution in [3.05, 3.63) is 12.2 Å². The summed E-state index contributed by atoms with van der Waals surface area (Å²) in [7, 11) is 1.57. The average Bonchev–Trinajstić information content (AvgIpc) is 2.93. The molecule has 1 fully saturated rings. The van der Waals surface area contributed by atoms with Crippen molar-refractivity contribution < 1.29 is 34.0 Å². The minimum Gasteiger partial charge on any atom is -0.481 e. The van der Waals surface area contributed by atoms with Crippen LogP contribution in [0.4, 0.5) is 0 Å². The lowest BCUT2D eigenvalue weighted by Crippen LogP contribution is -2.29. The molecule has 0 saturated carbocycles. The molecular weight excluding hydrogens is 364 g/mol. The first kappa shape index (κ1) is 25.0. The van der Waals surface area contributed by atoms with Crippen molar-refractivity contribution in [2.45, 2.75) is 102 Å². The van der Waals surface area contributed by atoms with Gasteiger partial charge >= 0.3 is 5.97 Å². The fourth-order valence-corrected chi connectivity index (χ4v) is 3.33. The van der Waals surface area contributed by atoms with Gasteiger partial charge in [-0.3, -0.25) is 4.79 Å². The minimum absolute atomic E-state index is 0.0295. The second kappa shape index (κ2) is 13.3. The van der Waals surface area contributed by atoms with E-state index in [9.17, 15) is 9.90 Å². The third kappa shape index (κ3) is 9.98. The van der Waals surface area contributed by atoms with Gasteiger partial charge in [-0.2, -0.15) is 0 Å². The molecule has 0 aromatic heterocycles. The van der Waals surface area contributed by atoms with E-state index in [2.05, 4.69) is 6.92 Å². The Bertz CT molecular complexity index is 464. The van der Waals surface area contributed by atoms with Gasteiger partial charge in [-0.05, 0) is 33.1 Å². The van der Waals surface area contributed by atoms with E-state index in [1.54, 1.807) is 7.11 Å². The number of rotatable bonds is 15. The molecule has 0 amide bonds. The maximum absolute atomic E-state index is 10.8. The Kier molecular flexibility index (Phi) is 11.9. The van der Waals surface area contributed by atoms with Crippen LogP contribution in [-0.4, -0.2) is 60.3 Å². The van der Waals surface area contributed by atoms with Gasteiger partial charge in [0.2, 0.25) is 0 Å². The Morgan fingerprint density at radius 2 is 2.00 bits per heavy atom. The molecule has 0 radical (unpaired) electrons. The minimum atomic E-state index is -0.854. The van der Waals surface area contributed by atoms with E-state index in [0.717, 1.165) is 25.7 Å². The largest absolute Gasteiger partial charge is 0.481 e. The number of aliphatic hydroxyl groups excluding tert-OH is 1. The van der Waals surface area contributed by atoms with E-state index in [4.69, 9.17) is 24.1 Å². The van der Waals surface area contributed by atoms with Crippen LogP contribution in [0.2, 0.25) is 0 Å². The van der Waals surface area contributed by atoms with Crippen molar-refractivity contribution in [1.82, 2.24) is 0 Å². The van der Waals surface area contributed by atoms with E-state index in [1.807, 2.05) is 26.0 Å². The molecule has 164 valence electrons. The molecule has 1 aliphatic heterocycles. The Labute approximate surface area is 169 Å². The first-order valence-corrected chi connectivity index (χ1v) is 10.3. The summed E-state index contributed by atoms with van der Waals surface area (Å²) in [5.41, 5.74) is 0.